The molecule has 3 amide bonds. The van der Waals surface area contributed by atoms with E-state index in [-0.39, 0.29) is 12.3 Å². The first-order valence-corrected chi connectivity index (χ1v) is 47.3. The number of amides is 3. The maximum absolute atomic E-state index is 13.6. The third-order valence-corrected chi connectivity index (χ3v) is 25.3. The van der Waals surface area contributed by atoms with Gasteiger partial charge in [0, 0.05) is 20.3 Å². The van der Waals surface area contributed by atoms with E-state index in [4.69, 9.17) is 66.3 Å². The molecular weight excluding hydrogens is 1690 g/mol. The van der Waals surface area contributed by atoms with Gasteiger partial charge in [0.05, 0.1) is 64.5 Å². The van der Waals surface area contributed by atoms with Crippen LogP contribution in [0.3, 0.4) is 0 Å². The molecule has 7 heterocycles. The summed E-state index contributed by atoms with van der Waals surface area (Å²) in [5.74, 6) is -2.11. The van der Waals surface area contributed by atoms with Gasteiger partial charge in [-0.1, -0.05) is 219 Å². The molecule has 0 aromatic heterocycles. The first-order valence-electron chi connectivity index (χ1n) is 47.3. The number of aliphatic hydroxyl groups excluding tert-OH is 20. The fourth-order valence-corrected chi connectivity index (χ4v) is 17.6. The highest BCUT2D eigenvalue weighted by Crippen LogP contribution is 2.39. The van der Waals surface area contributed by atoms with Gasteiger partial charge in [-0.2, -0.15) is 0 Å². The van der Waals surface area contributed by atoms with Gasteiger partial charge in [0.25, 0.3) is 0 Å². The average molecular weight is 1850 g/mol. The Morgan fingerprint density at radius 1 is 0.336 bits per heavy atom. The Balaban J connectivity index is 0.994. The van der Waals surface area contributed by atoms with Crippen LogP contribution in [-0.2, 0) is 80.7 Å². The summed E-state index contributed by atoms with van der Waals surface area (Å²) in [5.41, 5.74) is 0. The van der Waals surface area contributed by atoms with Gasteiger partial charge in [0.1, 0.15) is 165 Å². The maximum Gasteiger partial charge on any atom is 0.220 e. The number of rotatable bonds is 60. The molecule has 0 bridgehead atoms. The highest BCUT2D eigenvalue weighted by molar-refractivity contribution is 5.76. The molecule has 0 aromatic rings. The molecule has 7 fully saturated rings. The molecule has 14 unspecified atom stereocenters. The number of ether oxygens (including phenoxy) is 14. The summed E-state index contributed by atoms with van der Waals surface area (Å²) in [6, 6.07) is -4.71. The summed E-state index contributed by atoms with van der Waals surface area (Å²) in [4.78, 5) is 39.8. The molecule has 7 aliphatic heterocycles. The van der Waals surface area contributed by atoms with Gasteiger partial charge in [-0.3, -0.25) is 14.4 Å². The van der Waals surface area contributed by atoms with Crippen LogP contribution in [-0.4, -0.2) is 393 Å². The van der Waals surface area contributed by atoms with Gasteiger partial charge in [-0.15, -0.1) is 0 Å². The molecule has 748 valence electrons. The Labute approximate surface area is 751 Å². The van der Waals surface area contributed by atoms with Crippen LogP contribution in [0.2, 0.25) is 0 Å². The molecule has 40 heteroatoms. The molecule has 0 saturated carbocycles. The van der Waals surface area contributed by atoms with Crippen LogP contribution in [0.1, 0.15) is 253 Å². The Morgan fingerprint density at radius 2 is 0.688 bits per heavy atom. The molecular formula is C88H159N3O37. The van der Waals surface area contributed by atoms with E-state index in [1.165, 1.54) is 155 Å². The van der Waals surface area contributed by atoms with Crippen LogP contribution < -0.4 is 16.0 Å². The predicted octanol–water partition coefficient (Wildman–Crippen LogP) is -1.23. The maximum atomic E-state index is 13.6. The Hall–Kier alpha value is -3.21. The zero-order valence-electron chi connectivity index (χ0n) is 75.4. The van der Waals surface area contributed by atoms with E-state index < -0.39 is 285 Å². The standard InChI is InChI=1S/C88H159N3O37/c1-6-8-10-12-14-16-18-20-21-22-23-24-25-26-27-29-31-33-35-37-39-41-60(100)91-52(53(99)40-38-36-34-32-30-28-19-17-15-13-11-9-7-2)47-115-85-73(111)70(108)76(57(45-95)121-85)125-87-74(112)71(109)77(58(46-96)122-87)126-88-75(113)80(66(104)56(44-94)120-88)128-84-62(90-51(5)98)79(127-86-72(110)68(106)64(102)54(42-92)119-86)67(105)59(123-84)48-116-83-61(89-50(4)97)78(65(103)55(43-93)118-83)124-81-69(107)63(101)49(3)117-82(81)114/h38,40,49,52-59,61-88,92-96,99,101-114H,6-37,39,41-48H2,1-5H3,(H,89,97)(H,90,98)(H,91,100)/b40-38+/t49?,52-,53+,54?,55?,56?,57?,58?,59?,61?,62?,63+,64-,65+,66-,67-,68-,69?,70+,71+,72?,73?,74?,75?,76+,77-,78+,79+,80-,81-,82+,83+,84-,85+,86-,87-,88-/m0/s1. The summed E-state index contributed by atoms with van der Waals surface area (Å²) in [7, 11) is 0. The quantitative estimate of drug-likeness (QED) is 0.0250. The van der Waals surface area contributed by atoms with Crippen LogP contribution in [0.15, 0.2) is 12.2 Å². The molecule has 23 N–H and O–H groups in total. The van der Waals surface area contributed by atoms with Crippen molar-refractivity contribution in [2.75, 3.05) is 46.2 Å². The summed E-state index contributed by atoms with van der Waals surface area (Å²) >= 11 is 0. The number of hydrogen-bond donors (Lipinski definition) is 23. The van der Waals surface area contributed by atoms with E-state index in [0.29, 0.717) is 12.8 Å². The van der Waals surface area contributed by atoms with Crippen molar-refractivity contribution < 1.29 is 183 Å². The molecule has 0 spiro atoms. The van der Waals surface area contributed by atoms with Crippen molar-refractivity contribution in [3.05, 3.63) is 12.2 Å². The third-order valence-electron chi connectivity index (χ3n) is 25.3. The van der Waals surface area contributed by atoms with Crippen molar-refractivity contribution in [3.8, 4) is 0 Å². The first kappa shape index (κ1) is 112. The Bertz CT molecular complexity index is 3020. The molecule has 0 radical (unpaired) electrons. The van der Waals surface area contributed by atoms with E-state index in [2.05, 4.69) is 29.8 Å². The van der Waals surface area contributed by atoms with E-state index in [0.717, 1.165) is 65.2 Å². The zero-order valence-corrected chi connectivity index (χ0v) is 75.4. The number of hydrogen-bond acceptors (Lipinski definition) is 37. The first-order chi connectivity index (χ1) is 61.5. The van der Waals surface area contributed by atoms with Gasteiger partial charge in [0.2, 0.25) is 17.7 Å². The van der Waals surface area contributed by atoms with Crippen molar-refractivity contribution in [2.24, 2.45) is 0 Å². The number of nitrogens with one attached hydrogen (secondary N) is 3. The van der Waals surface area contributed by atoms with Gasteiger partial charge in [-0.05, 0) is 26.2 Å². The topological polar surface area (TPSA) is 621 Å². The molecule has 0 aromatic carbocycles. The molecule has 40 nitrogen and oxygen atoms in total. The lowest BCUT2D eigenvalue weighted by molar-refractivity contribution is -0.390. The van der Waals surface area contributed by atoms with Crippen molar-refractivity contribution in [2.45, 2.75) is 480 Å². The molecule has 7 saturated heterocycles. The number of carbonyl (C=O) groups excluding carboxylic acids is 3. The zero-order chi connectivity index (χ0) is 93.5. The fourth-order valence-electron chi connectivity index (χ4n) is 17.6. The average Bonchev–Trinajstić information content (AvgIpc) is 0.767. The minimum Gasteiger partial charge on any atom is -0.394 e. The largest absolute Gasteiger partial charge is 0.394 e. The van der Waals surface area contributed by atoms with Crippen molar-refractivity contribution in [3.63, 3.8) is 0 Å². The molecule has 7 rings (SSSR count). The lowest BCUT2D eigenvalue weighted by Crippen LogP contribution is -2.71. The van der Waals surface area contributed by atoms with Gasteiger partial charge in [-0.25, -0.2) is 0 Å². The second-order valence-electron chi connectivity index (χ2n) is 35.6. The number of carbonyl (C=O) groups is 3. The summed E-state index contributed by atoms with van der Waals surface area (Å²) < 4.78 is 83.3. The minimum atomic E-state index is -2.36. The minimum absolute atomic E-state index is 0.166. The monoisotopic (exact) mass is 1850 g/mol. The summed E-state index contributed by atoms with van der Waals surface area (Å²) in [5, 5.41) is 233. The Kier molecular flexibility index (Phi) is 52.2. The summed E-state index contributed by atoms with van der Waals surface area (Å²) in [6.45, 7) is 1.22. The lowest BCUT2D eigenvalue weighted by Gasteiger charge is -2.51. The highest BCUT2D eigenvalue weighted by Gasteiger charge is 2.59. The van der Waals surface area contributed by atoms with Crippen LogP contribution >= 0.6 is 0 Å². The molecule has 7 aliphatic rings. The molecule has 128 heavy (non-hydrogen) atoms. The molecule has 37 atom stereocenters. The second-order valence-corrected chi connectivity index (χ2v) is 35.6. The van der Waals surface area contributed by atoms with Crippen molar-refractivity contribution >= 4 is 17.7 Å². The van der Waals surface area contributed by atoms with Crippen LogP contribution in [0.5, 0.6) is 0 Å². The number of aliphatic hydroxyl groups is 20. The highest BCUT2D eigenvalue weighted by atomic mass is 16.8. The van der Waals surface area contributed by atoms with E-state index in [1.807, 2.05) is 6.08 Å². The summed E-state index contributed by atoms with van der Waals surface area (Å²) in [6.07, 6.45) is -23.1. The lowest BCUT2D eigenvalue weighted by atomic mass is 9.93. The smallest absolute Gasteiger partial charge is 0.220 e. The fraction of sp³-hybridized carbons (Fsp3) is 0.943. The van der Waals surface area contributed by atoms with Crippen molar-refractivity contribution in [1.29, 1.82) is 0 Å². The predicted molar refractivity (Wildman–Crippen MR) is 453 cm³/mol. The van der Waals surface area contributed by atoms with Gasteiger partial charge >= 0.3 is 0 Å². The van der Waals surface area contributed by atoms with E-state index >= 15 is 0 Å². The normalized spacial score (nSPS) is 37.7. The van der Waals surface area contributed by atoms with Gasteiger partial charge < -0.3 is 184 Å². The van der Waals surface area contributed by atoms with Gasteiger partial charge in [0.15, 0.2) is 44.0 Å². The SMILES string of the molecule is CCCCCCCCCCCCC/C=C/[C@@H](O)[C@H](CO[C@@H]1OC(CO)[C@@H](O[C@@H]2OC(CO)[C@H](O[C@@H]3OC(CO)[C@H](O)[C@H](O[C@@H]4OC(CO[C@@H]5OC(CO)[C@@H](O)[C@H](O[C@H]6C(O)[C@H](O)C(C)O[C@H]6O)C5NC(C)=O)[C@H](O)[C@H](O[C@@H]5OC(CO)[C@H](O)[C@H](O)C5O)C4NC(C)=O)C3O)[C@H](O)C2O)[C@H](O)C1O)NC(=O)CCCCCCCCCCCCCCCCCCCCCCC. The second kappa shape index (κ2) is 59.7. The Morgan fingerprint density at radius 3 is 1.16 bits per heavy atom. The number of unbranched alkanes of at least 4 members (excludes halogenated alkanes) is 31. The van der Waals surface area contributed by atoms with Crippen LogP contribution in [0.4, 0.5) is 0 Å². The molecule has 0 aliphatic carbocycles. The van der Waals surface area contributed by atoms with Crippen molar-refractivity contribution in [1.82, 2.24) is 16.0 Å². The van der Waals surface area contributed by atoms with Crippen LogP contribution in [0, 0.1) is 0 Å². The van der Waals surface area contributed by atoms with E-state index in [9.17, 15) is 117 Å². The number of allylic oxidation sites excluding steroid dienone is 1. The third kappa shape index (κ3) is 34.2. The van der Waals surface area contributed by atoms with E-state index in [1.54, 1.807) is 6.08 Å². The van der Waals surface area contributed by atoms with Crippen LogP contribution in [0.25, 0.3) is 0 Å².